The third-order valence-corrected chi connectivity index (χ3v) is 7.47. The number of carbonyl (C=O) groups excluding carboxylic acids is 1. The van der Waals surface area contributed by atoms with Gasteiger partial charge in [0.1, 0.15) is 0 Å². The number of carbonyl (C=O) groups is 1. The van der Waals surface area contributed by atoms with Gasteiger partial charge in [0.05, 0.1) is 12.4 Å². The van der Waals surface area contributed by atoms with Gasteiger partial charge < -0.3 is 4.74 Å². The van der Waals surface area contributed by atoms with Gasteiger partial charge in [-0.2, -0.15) is 0 Å². The van der Waals surface area contributed by atoms with Gasteiger partial charge in [0, 0.05) is 0 Å². The maximum absolute atomic E-state index is 12.1. The number of rotatable bonds is 6. The highest BCUT2D eigenvalue weighted by molar-refractivity contribution is 7.91. The van der Waals surface area contributed by atoms with E-state index in [0.717, 1.165) is 10.4 Å². The number of unbranched alkanes of at least 4 members (excludes halogenated alkanes) is 1. The van der Waals surface area contributed by atoms with E-state index < -0.39 is 24.4 Å². The fourth-order valence-electron chi connectivity index (χ4n) is 1.40. The van der Waals surface area contributed by atoms with Crippen molar-refractivity contribution in [3.63, 3.8) is 0 Å². The first-order chi connectivity index (χ1) is 7.66. The monoisotopic (exact) mass is 281 g/mol. The van der Waals surface area contributed by atoms with E-state index in [1.165, 1.54) is 0 Å². The molecule has 102 valence electrons. The lowest BCUT2D eigenvalue weighted by molar-refractivity contribution is 0.143. The molecule has 0 saturated carbocycles. The molecule has 0 radical (unpaired) electrons. The Kier molecular flexibility index (Phi) is 6.18. The molecular weight excluding hydrogens is 258 g/mol. The molecule has 1 amide bonds. The Labute approximate surface area is 105 Å². The van der Waals surface area contributed by atoms with Gasteiger partial charge in [0.2, 0.25) is 10.0 Å². The Morgan fingerprint density at radius 1 is 1.24 bits per heavy atom. The first-order valence-electron chi connectivity index (χ1n) is 5.86. The molecule has 17 heavy (non-hydrogen) atoms. The lowest BCUT2D eigenvalue weighted by Gasteiger charge is -2.32. The SMILES string of the molecule is CCCCS(=O)(=O)N(C(=O)OCC)[Si](C)(C)C. The summed E-state index contributed by atoms with van der Waals surface area (Å²) in [6, 6.07) is 0. The average molecular weight is 281 g/mol. The van der Waals surface area contributed by atoms with Crippen molar-refractivity contribution in [3.8, 4) is 0 Å². The van der Waals surface area contributed by atoms with Crippen molar-refractivity contribution in [1.29, 1.82) is 0 Å². The van der Waals surface area contributed by atoms with Gasteiger partial charge in [-0.05, 0) is 13.3 Å². The number of nitrogens with zero attached hydrogens (tertiary/aromatic N) is 1. The standard InChI is InChI=1S/C10H23NO4SSi/c1-6-8-9-16(13,14)11(17(3,4)5)10(12)15-7-2/h6-9H2,1-5H3. The largest absolute Gasteiger partial charge is 0.450 e. The summed E-state index contributed by atoms with van der Waals surface area (Å²) in [6.45, 7) is 9.20. The number of hydrogen-bond donors (Lipinski definition) is 0. The fraction of sp³-hybridized carbons (Fsp3) is 0.900. The molecule has 0 N–H and O–H groups in total. The van der Waals surface area contributed by atoms with Crippen molar-refractivity contribution < 1.29 is 17.9 Å². The lowest BCUT2D eigenvalue weighted by atomic mass is 10.4. The van der Waals surface area contributed by atoms with Gasteiger partial charge in [-0.15, -0.1) is 0 Å². The quantitative estimate of drug-likeness (QED) is 0.701. The molecule has 0 aromatic heterocycles. The van der Waals surface area contributed by atoms with E-state index in [2.05, 4.69) is 0 Å². The summed E-state index contributed by atoms with van der Waals surface area (Å²) in [4.78, 5) is 11.8. The molecule has 0 bridgehead atoms. The molecule has 0 unspecified atom stereocenters. The lowest BCUT2D eigenvalue weighted by Crippen LogP contribution is -2.53. The summed E-state index contributed by atoms with van der Waals surface area (Å²) in [5.41, 5.74) is 0. The van der Waals surface area contributed by atoms with E-state index >= 15 is 0 Å². The van der Waals surface area contributed by atoms with E-state index in [-0.39, 0.29) is 12.4 Å². The highest BCUT2D eigenvalue weighted by atomic mass is 32.2. The van der Waals surface area contributed by atoms with Gasteiger partial charge in [0.15, 0.2) is 8.24 Å². The maximum Gasteiger partial charge on any atom is 0.415 e. The number of amides is 1. The second-order valence-corrected chi connectivity index (χ2v) is 11.9. The molecule has 5 nitrogen and oxygen atoms in total. The first-order valence-corrected chi connectivity index (χ1v) is 10.9. The van der Waals surface area contributed by atoms with Crippen LogP contribution in [0.4, 0.5) is 4.79 Å². The zero-order valence-electron chi connectivity index (χ0n) is 11.3. The zero-order valence-corrected chi connectivity index (χ0v) is 13.1. The van der Waals surface area contributed by atoms with Crippen LogP contribution >= 0.6 is 0 Å². The summed E-state index contributed by atoms with van der Waals surface area (Å²) in [5, 5.41) is 0. The fourth-order valence-corrected chi connectivity index (χ4v) is 6.74. The maximum atomic E-state index is 12.1. The molecule has 0 aromatic carbocycles. The minimum atomic E-state index is -3.54. The molecule has 0 atom stereocenters. The molecule has 0 aromatic rings. The van der Waals surface area contributed by atoms with Crippen molar-refractivity contribution in [3.05, 3.63) is 0 Å². The zero-order chi connectivity index (χ0) is 13.7. The molecule has 0 aliphatic heterocycles. The highest BCUT2D eigenvalue weighted by Crippen LogP contribution is 2.18. The van der Waals surface area contributed by atoms with Crippen LogP contribution in [-0.4, -0.2) is 39.1 Å². The normalized spacial score (nSPS) is 12.3. The van der Waals surface area contributed by atoms with Crippen molar-refractivity contribution in [1.82, 2.24) is 3.97 Å². The Morgan fingerprint density at radius 3 is 2.12 bits per heavy atom. The van der Waals surface area contributed by atoms with Crippen molar-refractivity contribution in [2.45, 2.75) is 46.3 Å². The van der Waals surface area contributed by atoms with Gasteiger partial charge in [0.25, 0.3) is 0 Å². The van der Waals surface area contributed by atoms with Gasteiger partial charge >= 0.3 is 6.09 Å². The minimum Gasteiger partial charge on any atom is -0.450 e. The molecule has 0 aliphatic carbocycles. The predicted molar refractivity (Wildman–Crippen MR) is 70.9 cm³/mol. The van der Waals surface area contributed by atoms with Crippen LogP contribution in [-0.2, 0) is 14.8 Å². The summed E-state index contributed by atoms with van der Waals surface area (Å²) in [6.07, 6.45) is 0.604. The topological polar surface area (TPSA) is 63.7 Å². The third kappa shape index (κ3) is 5.07. The van der Waals surface area contributed by atoms with Crippen LogP contribution in [0, 0.1) is 0 Å². The number of hydrogen-bond acceptors (Lipinski definition) is 4. The van der Waals surface area contributed by atoms with Crippen LogP contribution in [0.15, 0.2) is 0 Å². The van der Waals surface area contributed by atoms with E-state index in [0.29, 0.717) is 6.42 Å². The number of ether oxygens (including phenoxy) is 1. The van der Waals surface area contributed by atoms with Gasteiger partial charge in [-0.25, -0.2) is 17.2 Å². The van der Waals surface area contributed by atoms with Crippen LogP contribution in [0.3, 0.4) is 0 Å². The third-order valence-electron chi connectivity index (χ3n) is 2.08. The first kappa shape index (κ1) is 16.4. The van der Waals surface area contributed by atoms with Crippen LogP contribution in [0.25, 0.3) is 0 Å². The summed E-state index contributed by atoms with van der Waals surface area (Å²) >= 11 is 0. The van der Waals surface area contributed by atoms with E-state index in [1.54, 1.807) is 6.92 Å². The van der Waals surface area contributed by atoms with Crippen LogP contribution in [0.2, 0.25) is 19.6 Å². The van der Waals surface area contributed by atoms with Crippen LogP contribution in [0.5, 0.6) is 0 Å². The second-order valence-electron chi connectivity index (χ2n) is 4.80. The van der Waals surface area contributed by atoms with Crippen molar-refractivity contribution in [2.24, 2.45) is 0 Å². The highest BCUT2D eigenvalue weighted by Gasteiger charge is 2.39. The molecule has 0 rings (SSSR count). The average Bonchev–Trinajstić information content (AvgIpc) is 2.12. The summed E-state index contributed by atoms with van der Waals surface area (Å²) < 4.78 is 30.0. The van der Waals surface area contributed by atoms with Crippen molar-refractivity contribution >= 4 is 24.4 Å². The second kappa shape index (κ2) is 6.39. The van der Waals surface area contributed by atoms with Crippen LogP contribution < -0.4 is 0 Å². The molecule has 0 saturated heterocycles. The van der Waals surface area contributed by atoms with Crippen LogP contribution in [0.1, 0.15) is 26.7 Å². The Morgan fingerprint density at radius 2 is 1.76 bits per heavy atom. The van der Waals surface area contributed by atoms with E-state index in [1.807, 2.05) is 26.6 Å². The van der Waals surface area contributed by atoms with Gasteiger partial charge in [-0.1, -0.05) is 33.0 Å². The molecular formula is C10H23NO4SSi. The predicted octanol–water partition coefficient (Wildman–Crippen LogP) is 2.41. The molecule has 0 spiro atoms. The molecule has 0 aliphatic rings. The van der Waals surface area contributed by atoms with E-state index in [4.69, 9.17) is 4.74 Å². The molecule has 7 heteroatoms. The minimum absolute atomic E-state index is 0.00653. The molecule has 0 fully saturated rings. The Bertz CT molecular complexity index is 348. The summed E-state index contributed by atoms with van der Waals surface area (Å²) in [5.74, 6) is 0.00653. The van der Waals surface area contributed by atoms with Gasteiger partial charge in [-0.3, -0.25) is 0 Å². The van der Waals surface area contributed by atoms with E-state index in [9.17, 15) is 13.2 Å². The Hall–Kier alpha value is -0.563. The van der Waals surface area contributed by atoms with Crippen molar-refractivity contribution in [2.75, 3.05) is 12.4 Å². The summed E-state index contributed by atoms with van der Waals surface area (Å²) in [7, 11) is -5.84. The molecule has 0 heterocycles. The smallest absolute Gasteiger partial charge is 0.415 e. The number of sulfonamides is 1. The Balaban J connectivity index is 5.13.